The van der Waals surface area contributed by atoms with Crippen LogP contribution >= 0.6 is 0 Å². The SMILES string of the molecule is CC(C)(C)OC(=O)NC[C@H]1CCCN(c2ccccc2CO)C1. The fourth-order valence-electron chi connectivity index (χ4n) is 2.95. The van der Waals surface area contributed by atoms with Gasteiger partial charge in [0.25, 0.3) is 0 Å². The van der Waals surface area contributed by atoms with Gasteiger partial charge < -0.3 is 20.1 Å². The number of carbonyl (C=O) groups is 1. The quantitative estimate of drug-likeness (QED) is 0.895. The molecule has 0 saturated carbocycles. The molecule has 5 heteroatoms. The molecular formula is C18H28N2O3. The van der Waals surface area contributed by atoms with Crippen LogP contribution in [0.2, 0.25) is 0 Å². The van der Waals surface area contributed by atoms with Gasteiger partial charge in [-0.3, -0.25) is 0 Å². The topological polar surface area (TPSA) is 61.8 Å². The summed E-state index contributed by atoms with van der Waals surface area (Å²) in [7, 11) is 0. The van der Waals surface area contributed by atoms with Gasteiger partial charge >= 0.3 is 6.09 Å². The molecule has 1 atom stereocenters. The van der Waals surface area contributed by atoms with Gasteiger partial charge in [-0.1, -0.05) is 18.2 Å². The molecule has 1 aromatic rings. The van der Waals surface area contributed by atoms with Crippen LogP contribution in [0.3, 0.4) is 0 Å². The van der Waals surface area contributed by atoms with E-state index in [9.17, 15) is 9.90 Å². The Labute approximate surface area is 138 Å². The Morgan fingerprint density at radius 1 is 1.39 bits per heavy atom. The number of benzene rings is 1. The lowest BCUT2D eigenvalue weighted by molar-refractivity contribution is 0.0517. The summed E-state index contributed by atoms with van der Waals surface area (Å²) in [5, 5.41) is 12.4. The highest BCUT2D eigenvalue weighted by Crippen LogP contribution is 2.26. The first-order chi connectivity index (χ1) is 10.9. The zero-order valence-electron chi connectivity index (χ0n) is 14.3. The zero-order valence-corrected chi connectivity index (χ0v) is 14.3. The van der Waals surface area contributed by atoms with Gasteiger partial charge in [0.2, 0.25) is 0 Å². The largest absolute Gasteiger partial charge is 0.444 e. The fourth-order valence-corrected chi connectivity index (χ4v) is 2.95. The van der Waals surface area contributed by atoms with Crippen molar-refractivity contribution in [1.82, 2.24) is 5.32 Å². The molecule has 1 saturated heterocycles. The van der Waals surface area contributed by atoms with E-state index >= 15 is 0 Å². The van der Waals surface area contributed by atoms with Crippen LogP contribution in [0, 0.1) is 5.92 Å². The first kappa shape index (κ1) is 17.6. The Kier molecular flexibility index (Phi) is 5.88. The lowest BCUT2D eigenvalue weighted by Gasteiger charge is -2.35. The Morgan fingerprint density at radius 2 is 2.13 bits per heavy atom. The predicted molar refractivity (Wildman–Crippen MR) is 91.5 cm³/mol. The van der Waals surface area contributed by atoms with Crippen molar-refractivity contribution in [3.05, 3.63) is 29.8 Å². The van der Waals surface area contributed by atoms with E-state index in [-0.39, 0.29) is 12.7 Å². The third kappa shape index (κ3) is 5.43. The minimum absolute atomic E-state index is 0.0491. The van der Waals surface area contributed by atoms with Crippen LogP contribution in [0.15, 0.2) is 24.3 Å². The lowest BCUT2D eigenvalue weighted by atomic mass is 9.97. The number of ether oxygens (including phenoxy) is 1. The summed E-state index contributed by atoms with van der Waals surface area (Å²) in [5.74, 6) is 0.392. The van der Waals surface area contributed by atoms with E-state index in [2.05, 4.69) is 16.3 Å². The molecule has 1 aliphatic heterocycles. The van der Waals surface area contributed by atoms with E-state index in [1.807, 2.05) is 39.0 Å². The van der Waals surface area contributed by atoms with Gasteiger partial charge in [-0.2, -0.15) is 0 Å². The average molecular weight is 320 g/mol. The van der Waals surface area contributed by atoms with E-state index in [0.717, 1.165) is 37.2 Å². The van der Waals surface area contributed by atoms with Gasteiger partial charge in [-0.25, -0.2) is 4.79 Å². The van der Waals surface area contributed by atoms with Gasteiger partial charge in [-0.05, 0) is 45.6 Å². The smallest absolute Gasteiger partial charge is 0.407 e. The molecule has 2 N–H and O–H groups in total. The number of carbonyl (C=O) groups excluding carboxylic acids is 1. The van der Waals surface area contributed by atoms with Crippen molar-refractivity contribution in [3.8, 4) is 0 Å². The van der Waals surface area contributed by atoms with Crippen molar-refractivity contribution in [2.45, 2.75) is 45.8 Å². The standard InChI is InChI=1S/C18H28N2O3/c1-18(2,3)23-17(22)19-11-14-7-6-10-20(12-14)16-9-5-4-8-15(16)13-21/h4-5,8-9,14,21H,6-7,10-13H2,1-3H3,(H,19,22)/t14-/m1/s1. The molecular weight excluding hydrogens is 292 g/mol. The highest BCUT2D eigenvalue weighted by atomic mass is 16.6. The molecule has 0 aromatic heterocycles. The number of aliphatic hydroxyl groups excluding tert-OH is 1. The van der Waals surface area contributed by atoms with Gasteiger partial charge in [0, 0.05) is 30.9 Å². The van der Waals surface area contributed by atoms with Gasteiger partial charge in [0.1, 0.15) is 5.60 Å². The molecule has 5 nitrogen and oxygen atoms in total. The second kappa shape index (κ2) is 7.68. The maximum Gasteiger partial charge on any atom is 0.407 e. The molecule has 23 heavy (non-hydrogen) atoms. The van der Waals surface area contributed by atoms with Crippen molar-refractivity contribution in [2.75, 3.05) is 24.5 Å². The Balaban J connectivity index is 1.90. The van der Waals surface area contributed by atoms with Crippen LogP contribution in [0.25, 0.3) is 0 Å². The summed E-state index contributed by atoms with van der Waals surface area (Å²) in [6.07, 6.45) is 1.82. The highest BCUT2D eigenvalue weighted by Gasteiger charge is 2.23. The van der Waals surface area contributed by atoms with E-state index < -0.39 is 5.60 Å². The number of anilines is 1. The molecule has 0 radical (unpaired) electrons. The Bertz CT molecular complexity index is 525. The van der Waals surface area contributed by atoms with Crippen LogP contribution in [0.5, 0.6) is 0 Å². The Hall–Kier alpha value is -1.75. The second-order valence-corrected chi connectivity index (χ2v) is 7.12. The Morgan fingerprint density at radius 3 is 2.83 bits per heavy atom. The molecule has 1 aromatic carbocycles. The van der Waals surface area contributed by atoms with Crippen LogP contribution in [0.4, 0.5) is 10.5 Å². The molecule has 1 fully saturated rings. The molecule has 0 bridgehead atoms. The number of nitrogens with one attached hydrogen (secondary N) is 1. The van der Waals surface area contributed by atoms with Gasteiger partial charge in [0.05, 0.1) is 6.61 Å². The fraction of sp³-hybridized carbons (Fsp3) is 0.611. The van der Waals surface area contributed by atoms with Crippen LogP contribution in [-0.4, -0.2) is 36.4 Å². The molecule has 1 heterocycles. The number of aliphatic hydroxyl groups is 1. The van der Waals surface area contributed by atoms with Crippen molar-refractivity contribution in [2.24, 2.45) is 5.92 Å². The lowest BCUT2D eigenvalue weighted by Crippen LogP contribution is -2.42. The number of hydrogen-bond acceptors (Lipinski definition) is 4. The van der Waals surface area contributed by atoms with E-state index in [4.69, 9.17) is 4.74 Å². The van der Waals surface area contributed by atoms with Crippen molar-refractivity contribution < 1.29 is 14.6 Å². The van der Waals surface area contributed by atoms with E-state index in [0.29, 0.717) is 12.5 Å². The zero-order chi connectivity index (χ0) is 16.9. The summed E-state index contributed by atoms with van der Waals surface area (Å²) in [5.41, 5.74) is 1.58. The van der Waals surface area contributed by atoms with Crippen molar-refractivity contribution >= 4 is 11.8 Å². The van der Waals surface area contributed by atoms with Crippen molar-refractivity contribution in [1.29, 1.82) is 0 Å². The monoisotopic (exact) mass is 320 g/mol. The average Bonchev–Trinajstić information content (AvgIpc) is 2.51. The molecule has 0 aliphatic carbocycles. The minimum Gasteiger partial charge on any atom is -0.444 e. The molecule has 2 rings (SSSR count). The number of alkyl carbamates (subject to hydrolysis) is 1. The number of hydrogen-bond donors (Lipinski definition) is 2. The van der Waals surface area contributed by atoms with E-state index in [1.54, 1.807) is 0 Å². The second-order valence-electron chi connectivity index (χ2n) is 7.12. The molecule has 128 valence electrons. The molecule has 0 unspecified atom stereocenters. The number of rotatable bonds is 4. The van der Waals surface area contributed by atoms with E-state index in [1.165, 1.54) is 0 Å². The molecule has 1 aliphatic rings. The van der Waals surface area contributed by atoms with Crippen molar-refractivity contribution in [3.63, 3.8) is 0 Å². The predicted octanol–water partition coefficient (Wildman–Crippen LogP) is 2.92. The summed E-state index contributed by atoms with van der Waals surface area (Å²) >= 11 is 0. The normalized spacial score (nSPS) is 18.6. The van der Waals surface area contributed by atoms with Crippen LogP contribution in [-0.2, 0) is 11.3 Å². The first-order valence-electron chi connectivity index (χ1n) is 8.29. The molecule has 0 spiro atoms. The van der Waals surface area contributed by atoms with Gasteiger partial charge in [0.15, 0.2) is 0 Å². The summed E-state index contributed by atoms with van der Waals surface area (Å²) in [6, 6.07) is 7.95. The number of para-hydroxylation sites is 1. The maximum absolute atomic E-state index is 11.8. The van der Waals surface area contributed by atoms with Gasteiger partial charge in [-0.15, -0.1) is 0 Å². The maximum atomic E-state index is 11.8. The molecule has 1 amide bonds. The summed E-state index contributed by atoms with van der Waals surface area (Å²) in [4.78, 5) is 14.1. The van der Waals surface area contributed by atoms with Crippen LogP contribution in [0.1, 0.15) is 39.2 Å². The third-order valence-electron chi connectivity index (χ3n) is 3.96. The first-order valence-corrected chi connectivity index (χ1v) is 8.29. The number of amides is 1. The third-order valence-corrected chi connectivity index (χ3v) is 3.96. The summed E-state index contributed by atoms with van der Waals surface area (Å²) < 4.78 is 5.28. The number of nitrogens with zero attached hydrogens (tertiary/aromatic N) is 1. The summed E-state index contributed by atoms with van der Waals surface area (Å²) in [6.45, 7) is 8.12. The highest BCUT2D eigenvalue weighted by molar-refractivity contribution is 5.67. The minimum atomic E-state index is -0.469. The number of piperidine rings is 1. The van der Waals surface area contributed by atoms with Crippen LogP contribution < -0.4 is 10.2 Å².